The van der Waals surface area contributed by atoms with Gasteiger partial charge in [0.1, 0.15) is 17.0 Å². The van der Waals surface area contributed by atoms with E-state index in [0.29, 0.717) is 11.6 Å². The number of aromatic nitrogens is 3. The average Bonchev–Trinajstić information content (AvgIpc) is 3.36. The van der Waals surface area contributed by atoms with Gasteiger partial charge in [0, 0.05) is 30.5 Å². The van der Waals surface area contributed by atoms with Gasteiger partial charge in [0.05, 0.1) is 6.26 Å². The zero-order valence-electron chi connectivity index (χ0n) is 12.9. The first kappa shape index (κ1) is 15.1. The first-order valence-corrected chi connectivity index (χ1v) is 8.70. The number of rotatable bonds is 4. The predicted octanol–water partition coefficient (Wildman–Crippen LogP) is 2.88. The third kappa shape index (κ3) is 3.09. The number of thiazole rings is 1. The number of furan rings is 1. The van der Waals surface area contributed by atoms with Gasteiger partial charge >= 0.3 is 0 Å². The Morgan fingerprint density at radius 3 is 2.96 bits per heavy atom. The molecule has 1 amide bonds. The highest BCUT2D eigenvalue weighted by Crippen LogP contribution is 2.26. The molecule has 24 heavy (non-hydrogen) atoms. The second kappa shape index (κ2) is 6.56. The monoisotopic (exact) mass is 344 g/mol. The van der Waals surface area contributed by atoms with Gasteiger partial charge in [-0.2, -0.15) is 4.98 Å². The van der Waals surface area contributed by atoms with E-state index < -0.39 is 0 Å². The maximum Gasteiger partial charge on any atom is 0.273 e. The Morgan fingerprint density at radius 2 is 2.25 bits per heavy atom. The van der Waals surface area contributed by atoms with Crippen LogP contribution in [0.5, 0.6) is 0 Å². The molecule has 0 aromatic carbocycles. The van der Waals surface area contributed by atoms with E-state index in [9.17, 15) is 4.79 Å². The van der Waals surface area contributed by atoms with Crippen LogP contribution in [-0.4, -0.2) is 39.0 Å². The quantitative estimate of drug-likeness (QED) is 0.723. The number of hydrogen-bond donors (Lipinski definition) is 0. The second-order valence-electron chi connectivity index (χ2n) is 5.84. The zero-order chi connectivity index (χ0) is 16.4. The molecule has 0 unspecified atom stereocenters. The molecular weight excluding hydrogens is 328 g/mol. The molecule has 3 aromatic heterocycles. The molecule has 3 aromatic rings. The Bertz CT molecular complexity index is 789. The molecule has 0 saturated carbocycles. The van der Waals surface area contributed by atoms with E-state index >= 15 is 0 Å². The van der Waals surface area contributed by atoms with Crippen LogP contribution in [0.4, 0.5) is 0 Å². The first-order valence-electron chi connectivity index (χ1n) is 7.82. The lowest BCUT2D eigenvalue weighted by molar-refractivity contribution is 0.0684. The topological polar surface area (TPSA) is 85.3 Å². The number of nitrogens with zero attached hydrogens (tertiary/aromatic N) is 4. The fourth-order valence-corrected chi connectivity index (χ4v) is 3.71. The van der Waals surface area contributed by atoms with Crippen LogP contribution < -0.4 is 0 Å². The largest absolute Gasteiger partial charge is 0.472 e. The van der Waals surface area contributed by atoms with Crippen LogP contribution in [0.15, 0.2) is 39.3 Å². The maximum atomic E-state index is 12.6. The smallest absolute Gasteiger partial charge is 0.273 e. The van der Waals surface area contributed by atoms with Crippen molar-refractivity contribution in [2.75, 3.05) is 13.1 Å². The van der Waals surface area contributed by atoms with Crippen LogP contribution in [0, 0.1) is 5.92 Å². The van der Waals surface area contributed by atoms with E-state index in [4.69, 9.17) is 8.94 Å². The molecule has 1 fully saturated rings. The van der Waals surface area contributed by atoms with E-state index in [1.807, 2.05) is 16.3 Å². The normalized spacial score (nSPS) is 15.8. The molecule has 0 N–H and O–H groups in total. The molecule has 0 spiro atoms. The van der Waals surface area contributed by atoms with Gasteiger partial charge < -0.3 is 13.8 Å². The third-order valence-corrected chi connectivity index (χ3v) is 5.16. The maximum absolute atomic E-state index is 12.6. The summed E-state index contributed by atoms with van der Waals surface area (Å²) in [6.07, 6.45) is 7.29. The molecule has 1 saturated heterocycles. The Morgan fingerprint density at radius 1 is 1.38 bits per heavy atom. The first-order chi connectivity index (χ1) is 11.8. The van der Waals surface area contributed by atoms with E-state index in [-0.39, 0.29) is 5.91 Å². The number of hydrogen-bond acceptors (Lipinski definition) is 7. The number of piperidine rings is 1. The Hall–Kier alpha value is -2.48. The standard InChI is InChI=1S/C16H16N4O3S/c21-16(13-9-24-15(18-13)12-3-6-22-8-12)20-4-1-11(2-5-20)7-14-17-10-23-19-14/h3,6,8-11H,1-2,4-5,7H2. The van der Waals surface area contributed by atoms with E-state index in [1.54, 1.807) is 12.5 Å². The predicted molar refractivity (Wildman–Crippen MR) is 86.4 cm³/mol. The number of carbonyl (C=O) groups is 1. The molecule has 8 heteroatoms. The van der Waals surface area contributed by atoms with Crippen LogP contribution in [-0.2, 0) is 6.42 Å². The van der Waals surface area contributed by atoms with Crippen molar-refractivity contribution in [3.05, 3.63) is 41.9 Å². The third-order valence-electron chi connectivity index (χ3n) is 4.27. The molecule has 1 aliphatic rings. The van der Waals surface area contributed by atoms with Crippen molar-refractivity contribution >= 4 is 17.2 Å². The number of amides is 1. The summed E-state index contributed by atoms with van der Waals surface area (Å²) in [5.74, 6) is 1.23. The van der Waals surface area contributed by atoms with E-state index in [2.05, 4.69) is 15.1 Å². The summed E-state index contributed by atoms with van der Waals surface area (Å²) in [4.78, 5) is 23.0. The molecule has 124 valence electrons. The summed E-state index contributed by atoms with van der Waals surface area (Å²) in [6, 6.07) is 1.84. The minimum absolute atomic E-state index is 0.000920. The highest BCUT2D eigenvalue weighted by Gasteiger charge is 2.26. The van der Waals surface area contributed by atoms with Crippen molar-refractivity contribution in [2.24, 2.45) is 5.92 Å². The Labute approximate surface area is 142 Å². The van der Waals surface area contributed by atoms with Crippen molar-refractivity contribution < 1.29 is 13.7 Å². The molecule has 1 aliphatic heterocycles. The lowest BCUT2D eigenvalue weighted by Gasteiger charge is -2.31. The van der Waals surface area contributed by atoms with Crippen molar-refractivity contribution in [3.63, 3.8) is 0 Å². The zero-order valence-corrected chi connectivity index (χ0v) is 13.7. The van der Waals surface area contributed by atoms with Gasteiger partial charge in [0.15, 0.2) is 5.82 Å². The molecule has 7 nitrogen and oxygen atoms in total. The van der Waals surface area contributed by atoms with E-state index in [0.717, 1.165) is 48.7 Å². The molecule has 4 heterocycles. The highest BCUT2D eigenvalue weighted by molar-refractivity contribution is 7.13. The summed E-state index contributed by atoms with van der Waals surface area (Å²) < 4.78 is 9.83. The van der Waals surface area contributed by atoms with Gasteiger partial charge in [-0.3, -0.25) is 4.79 Å². The van der Waals surface area contributed by atoms with Crippen LogP contribution in [0.25, 0.3) is 10.6 Å². The molecule has 0 aliphatic carbocycles. The van der Waals surface area contributed by atoms with E-state index in [1.165, 1.54) is 17.7 Å². The van der Waals surface area contributed by atoms with Gasteiger partial charge in [-0.15, -0.1) is 11.3 Å². The number of carbonyl (C=O) groups excluding carboxylic acids is 1. The minimum atomic E-state index is -0.000920. The van der Waals surface area contributed by atoms with Crippen LogP contribution >= 0.6 is 11.3 Å². The van der Waals surface area contributed by atoms with Crippen molar-refractivity contribution in [2.45, 2.75) is 19.3 Å². The lowest BCUT2D eigenvalue weighted by Crippen LogP contribution is -2.39. The highest BCUT2D eigenvalue weighted by atomic mass is 32.1. The minimum Gasteiger partial charge on any atom is -0.472 e. The summed E-state index contributed by atoms with van der Waals surface area (Å²) in [5, 5.41) is 6.48. The van der Waals surface area contributed by atoms with Crippen molar-refractivity contribution in [1.82, 2.24) is 20.0 Å². The average molecular weight is 344 g/mol. The SMILES string of the molecule is O=C(c1csc(-c2ccoc2)n1)N1CCC(Cc2ncon2)CC1. The molecule has 0 radical (unpaired) electrons. The van der Waals surface area contributed by atoms with Crippen LogP contribution in [0.2, 0.25) is 0 Å². The summed E-state index contributed by atoms with van der Waals surface area (Å²) in [7, 11) is 0. The Kier molecular flexibility index (Phi) is 4.12. The van der Waals surface area contributed by atoms with Gasteiger partial charge in [-0.25, -0.2) is 4.98 Å². The fourth-order valence-electron chi connectivity index (χ4n) is 2.93. The summed E-state index contributed by atoms with van der Waals surface area (Å²) >= 11 is 1.46. The summed E-state index contributed by atoms with van der Waals surface area (Å²) in [6.45, 7) is 1.47. The van der Waals surface area contributed by atoms with Crippen molar-refractivity contribution in [1.29, 1.82) is 0 Å². The molecule has 0 atom stereocenters. The van der Waals surface area contributed by atoms with Crippen LogP contribution in [0.3, 0.4) is 0 Å². The Balaban J connectivity index is 1.36. The van der Waals surface area contributed by atoms with Gasteiger partial charge in [-0.1, -0.05) is 5.16 Å². The van der Waals surface area contributed by atoms with Crippen LogP contribution in [0.1, 0.15) is 29.2 Å². The molecule has 0 bridgehead atoms. The molecule has 4 rings (SSSR count). The summed E-state index contributed by atoms with van der Waals surface area (Å²) in [5.41, 5.74) is 1.41. The number of likely N-dealkylation sites (tertiary alicyclic amines) is 1. The second-order valence-corrected chi connectivity index (χ2v) is 6.70. The van der Waals surface area contributed by atoms with Gasteiger partial charge in [0.25, 0.3) is 5.91 Å². The molecular formula is C16H16N4O3S. The van der Waals surface area contributed by atoms with Gasteiger partial charge in [-0.05, 0) is 24.8 Å². The fraction of sp³-hybridized carbons (Fsp3) is 0.375. The van der Waals surface area contributed by atoms with Crippen molar-refractivity contribution in [3.8, 4) is 10.6 Å². The van der Waals surface area contributed by atoms with Gasteiger partial charge in [0.2, 0.25) is 6.39 Å². The lowest BCUT2D eigenvalue weighted by atomic mass is 9.93.